The van der Waals surface area contributed by atoms with Gasteiger partial charge in [-0.3, -0.25) is 19.6 Å². The standard InChI is InChI=1S/C25H24Cl2N4O4/c26-17-4-1-3-15(11-17)21-5-2-10-31(21)25(35)23(33)22(32)24(34)30-13-18-7-6-16(12-29-18)19-8-9-28-14-20(19)27/h1,3-4,6-9,11-12,14,21-23,32-33H,2,5,10,13H2,(H,30,34)/t21?,22-,23-/m1/s1. The second-order valence-corrected chi connectivity index (χ2v) is 9.09. The van der Waals surface area contributed by atoms with Gasteiger partial charge >= 0.3 is 0 Å². The van der Waals surface area contributed by atoms with Gasteiger partial charge in [-0.2, -0.15) is 0 Å². The highest BCUT2D eigenvalue weighted by molar-refractivity contribution is 6.33. The van der Waals surface area contributed by atoms with Crippen molar-refractivity contribution in [2.45, 2.75) is 37.6 Å². The third-order valence-electron chi connectivity index (χ3n) is 5.94. The van der Waals surface area contributed by atoms with Gasteiger partial charge in [0.25, 0.3) is 11.8 Å². The fourth-order valence-electron chi connectivity index (χ4n) is 4.12. The van der Waals surface area contributed by atoms with Gasteiger partial charge in [-0.1, -0.05) is 41.4 Å². The van der Waals surface area contributed by atoms with Crippen molar-refractivity contribution in [1.29, 1.82) is 0 Å². The Morgan fingerprint density at radius 3 is 2.66 bits per heavy atom. The van der Waals surface area contributed by atoms with E-state index in [0.717, 1.165) is 23.1 Å². The SMILES string of the molecule is O=C(NCc1ccc(-c2ccncc2Cl)cn1)[C@H](O)[C@@H](O)C(=O)N1CCCC1c1cccc(Cl)c1. The van der Waals surface area contributed by atoms with E-state index in [2.05, 4.69) is 15.3 Å². The summed E-state index contributed by atoms with van der Waals surface area (Å²) in [7, 11) is 0. The molecule has 3 N–H and O–H groups in total. The largest absolute Gasteiger partial charge is 0.380 e. The zero-order chi connectivity index (χ0) is 24.9. The third kappa shape index (κ3) is 5.79. The lowest BCUT2D eigenvalue weighted by Crippen LogP contribution is -2.50. The van der Waals surface area contributed by atoms with Crippen molar-refractivity contribution in [3.8, 4) is 11.1 Å². The third-order valence-corrected chi connectivity index (χ3v) is 6.48. The summed E-state index contributed by atoms with van der Waals surface area (Å²) in [5, 5.41) is 24.4. The zero-order valence-corrected chi connectivity index (χ0v) is 20.2. The van der Waals surface area contributed by atoms with Crippen molar-refractivity contribution >= 4 is 35.0 Å². The van der Waals surface area contributed by atoms with Crippen LogP contribution >= 0.6 is 23.2 Å². The monoisotopic (exact) mass is 514 g/mol. The Hall–Kier alpha value is -3.04. The number of rotatable bonds is 7. The summed E-state index contributed by atoms with van der Waals surface area (Å²) in [6.07, 6.45) is 2.41. The van der Waals surface area contributed by atoms with E-state index in [4.69, 9.17) is 23.2 Å². The molecule has 35 heavy (non-hydrogen) atoms. The quantitative estimate of drug-likeness (QED) is 0.446. The number of aliphatic hydroxyl groups is 2. The maximum absolute atomic E-state index is 12.9. The van der Waals surface area contributed by atoms with E-state index in [1.54, 1.807) is 55.0 Å². The fourth-order valence-corrected chi connectivity index (χ4v) is 4.55. The minimum atomic E-state index is -1.92. The molecular weight excluding hydrogens is 491 g/mol. The van der Waals surface area contributed by atoms with E-state index in [1.807, 2.05) is 6.07 Å². The molecule has 0 radical (unpaired) electrons. The summed E-state index contributed by atoms with van der Waals surface area (Å²) < 4.78 is 0. The Bertz CT molecular complexity index is 1210. The molecule has 3 heterocycles. The Labute approximate surface area is 212 Å². The van der Waals surface area contributed by atoms with Crippen LogP contribution in [0.1, 0.15) is 30.1 Å². The molecule has 0 aliphatic carbocycles. The molecule has 3 aromatic rings. The summed E-state index contributed by atoms with van der Waals surface area (Å²) >= 11 is 12.2. The first-order chi connectivity index (χ1) is 16.8. The lowest BCUT2D eigenvalue weighted by molar-refractivity contribution is -0.153. The average Bonchev–Trinajstić information content (AvgIpc) is 3.37. The maximum atomic E-state index is 12.9. The van der Waals surface area contributed by atoms with Crippen LogP contribution in [0.5, 0.6) is 0 Å². The number of hydrogen-bond acceptors (Lipinski definition) is 6. The number of nitrogens with one attached hydrogen (secondary N) is 1. The highest BCUT2D eigenvalue weighted by atomic mass is 35.5. The number of hydrogen-bond donors (Lipinski definition) is 3. The zero-order valence-electron chi connectivity index (χ0n) is 18.6. The molecule has 182 valence electrons. The van der Waals surface area contributed by atoms with E-state index in [9.17, 15) is 19.8 Å². The van der Waals surface area contributed by atoms with Crippen LogP contribution < -0.4 is 5.32 Å². The number of aliphatic hydroxyl groups excluding tert-OH is 2. The van der Waals surface area contributed by atoms with Crippen molar-refractivity contribution in [2.75, 3.05) is 6.54 Å². The number of benzene rings is 1. The highest BCUT2D eigenvalue weighted by Gasteiger charge is 2.38. The molecule has 0 spiro atoms. The molecule has 1 aromatic carbocycles. The van der Waals surface area contributed by atoms with Crippen LogP contribution in [-0.2, 0) is 16.1 Å². The lowest BCUT2D eigenvalue weighted by atomic mass is 10.0. The molecule has 0 bridgehead atoms. The summed E-state index contributed by atoms with van der Waals surface area (Å²) in [6.45, 7) is 0.426. The fraction of sp³-hybridized carbons (Fsp3) is 0.280. The maximum Gasteiger partial charge on any atom is 0.255 e. The highest BCUT2D eigenvalue weighted by Crippen LogP contribution is 2.33. The number of pyridine rings is 2. The molecule has 3 atom stereocenters. The molecule has 10 heteroatoms. The van der Waals surface area contributed by atoms with Crippen LogP contribution in [0.25, 0.3) is 11.1 Å². The van der Waals surface area contributed by atoms with Crippen LogP contribution in [0.15, 0.2) is 61.1 Å². The van der Waals surface area contributed by atoms with Gasteiger partial charge in [0.05, 0.1) is 23.3 Å². The van der Waals surface area contributed by atoms with Gasteiger partial charge in [0.1, 0.15) is 0 Å². The minimum Gasteiger partial charge on any atom is -0.380 e. The number of amides is 2. The first-order valence-corrected chi connectivity index (χ1v) is 11.9. The van der Waals surface area contributed by atoms with E-state index < -0.39 is 24.0 Å². The summed E-state index contributed by atoms with van der Waals surface area (Å²) in [5.41, 5.74) is 2.94. The first-order valence-electron chi connectivity index (χ1n) is 11.1. The molecule has 8 nitrogen and oxygen atoms in total. The van der Waals surface area contributed by atoms with Crippen LogP contribution in [0.4, 0.5) is 0 Å². The van der Waals surface area contributed by atoms with Gasteiger partial charge in [0.15, 0.2) is 12.2 Å². The summed E-state index contributed by atoms with van der Waals surface area (Å²) in [5.74, 6) is -1.57. The Kier molecular flexibility index (Phi) is 7.97. The van der Waals surface area contributed by atoms with Crippen molar-refractivity contribution in [1.82, 2.24) is 20.2 Å². The molecule has 1 aliphatic heterocycles. The normalized spacial score (nSPS) is 17.1. The van der Waals surface area contributed by atoms with Crippen molar-refractivity contribution in [3.63, 3.8) is 0 Å². The van der Waals surface area contributed by atoms with Crippen molar-refractivity contribution in [2.24, 2.45) is 0 Å². The molecule has 1 unspecified atom stereocenters. The molecule has 0 saturated carbocycles. The minimum absolute atomic E-state index is 0.00994. The van der Waals surface area contributed by atoms with Crippen LogP contribution in [0.2, 0.25) is 10.0 Å². The number of aromatic nitrogens is 2. The lowest BCUT2D eigenvalue weighted by Gasteiger charge is -2.28. The van der Waals surface area contributed by atoms with Crippen molar-refractivity contribution < 1.29 is 19.8 Å². The molecule has 1 fully saturated rings. The van der Waals surface area contributed by atoms with E-state index in [1.165, 1.54) is 4.90 Å². The van der Waals surface area contributed by atoms with Gasteiger partial charge in [0, 0.05) is 41.3 Å². The molecule has 1 aliphatic rings. The van der Waals surface area contributed by atoms with Crippen LogP contribution in [0.3, 0.4) is 0 Å². The second-order valence-electron chi connectivity index (χ2n) is 8.25. The van der Waals surface area contributed by atoms with Crippen molar-refractivity contribution in [3.05, 3.63) is 82.4 Å². The van der Waals surface area contributed by atoms with E-state index in [0.29, 0.717) is 28.7 Å². The number of likely N-dealkylation sites (tertiary alicyclic amines) is 1. The molecule has 4 rings (SSSR count). The predicted octanol–water partition coefficient (Wildman–Crippen LogP) is 3.15. The van der Waals surface area contributed by atoms with Crippen LogP contribution in [-0.4, -0.2) is 55.6 Å². The number of carbonyl (C=O) groups is 2. The summed E-state index contributed by atoms with van der Waals surface area (Å²) in [4.78, 5) is 35.1. The summed E-state index contributed by atoms with van der Waals surface area (Å²) in [6, 6.07) is 12.2. The average molecular weight is 515 g/mol. The van der Waals surface area contributed by atoms with Gasteiger partial charge in [-0.25, -0.2) is 0 Å². The number of carbonyl (C=O) groups excluding carboxylic acids is 2. The first kappa shape index (κ1) is 25.1. The Morgan fingerprint density at radius 1 is 1.11 bits per heavy atom. The smallest absolute Gasteiger partial charge is 0.255 e. The van der Waals surface area contributed by atoms with E-state index in [-0.39, 0.29) is 12.6 Å². The topological polar surface area (TPSA) is 116 Å². The molecule has 2 amide bonds. The molecule has 1 saturated heterocycles. The van der Waals surface area contributed by atoms with E-state index >= 15 is 0 Å². The second kappa shape index (κ2) is 11.1. The van der Waals surface area contributed by atoms with Crippen LogP contribution in [0, 0.1) is 0 Å². The Balaban J connectivity index is 1.35. The molecule has 2 aromatic heterocycles. The van der Waals surface area contributed by atoms with Gasteiger partial charge < -0.3 is 20.4 Å². The van der Waals surface area contributed by atoms with Gasteiger partial charge in [0.2, 0.25) is 0 Å². The number of nitrogens with zero attached hydrogens (tertiary/aromatic N) is 3. The van der Waals surface area contributed by atoms with Gasteiger partial charge in [-0.15, -0.1) is 0 Å². The Morgan fingerprint density at radius 2 is 1.94 bits per heavy atom. The number of halogens is 2. The van der Waals surface area contributed by atoms with Gasteiger partial charge in [-0.05, 0) is 42.7 Å². The molecular formula is C25H24Cl2N4O4. The predicted molar refractivity (Wildman–Crippen MR) is 131 cm³/mol.